The summed E-state index contributed by atoms with van der Waals surface area (Å²) in [5.41, 5.74) is -0.399. The molecular weight excluding hydrogens is 264 g/mol. The first-order valence-corrected chi connectivity index (χ1v) is 7.64. The van der Waals surface area contributed by atoms with Crippen LogP contribution in [0.4, 0.5) is 0 Å². The molecule has 1 saturated heterocycles. The average Bonchev–Trinajstić information content (AvgIpc) is 2.93. The van der Waals surface area contributed by atoms with E-state index in [0.717, 1.165) is 31.2 Å². The minimum absolute atomic E-state index is 0.0417. The summed E-state index contributed by atoms with van der Waals surface area (Å²) in [6.45, 7) is 4.14. The summed E-state index contributed by atoms with van der Waals surface area (Å²) in [5.74, 6) is 0.0355. The van der Waals surface area contributed by atoms with Crippen molar-refractivity contribution < 1.29 is 9.59 Å². The Labute approximate surface area is 125 Å². The zero-order valence-electron chi connectivity index (χ0n) is 12.7. The Morgan fingerprint density at radius 2 is 1.71 bits per heavy atom. The van der Waals surface area contributed by atoms with Crippen molar-refractivity contribution in [2.45, 2.75) is 57.2 Å². The molecule has 1 aliphatic carbocycles. The largest absolute Gasteiger partial charge is 0.340 e. The summed E-state index contributed by atoms with van der Waals surface area (Å²) in [6, 6.07) is 9.87. The first kappa shape index (κ1) is 14.1. The number of nitrogens with zero attached hydrogens (tertiary/aromatic N) is 1. The van der Waals surface area contributed by atoms with E-state index in [9.17, 15) is 9.59 Å². The zero-order chi connectivity index (χ0) is 15.1. The van der Waals surface area contributed by atoms with Gasteiger partial charge in [0.15, 0.2) is 0 Å². The molecule has 1 N–H and O–H groups in total. The highest BCUT2D eigenvalue weighted by Gasteiger charge is 2.55. The smallest absolute Gasteiger partial charge is 0.249 e. The highest BCUT2D eigenvalue weighted by atomic mass is 16.2. The second-order valence-corrected chi connectivity index (χ2v) is 6.68. The average molecular weight is 286 g/mol. The molecule has 2 amide bonds. The highest BCUT2D eigenvalue weighted by Crippen LogP contribution is 2.37. The molecule has 1 aromatic rings. The molecule has 1 spiro atoms. The van der Waals surface area contributed by atoms with Crippen LogP contribution in [0.15, 0.2) is 30.3 Å². The number of carbonyl (C=O) groups excluding carboxylic acids is 2. The van der Waals surface area contributed by atoms with Crippen LogP contribution in [0.3, 0.4) is 0 Å². The van der Waals surface area contributed by atoms with Gasteiger partial charge in [-0.1, -0.05) is 43.2 Å². The third-order valence-corrected chi connectivity index (χ3v) is 4.88. The van der Waals surface area contributed by atoms with Crippen molar-refractivity contribution in [3.8, 4) is 0 Å². The normalized spacial score (nSPS) is 23.4. The van der Waals surface area contributed by atoms with Crippen molar-refractivity contribution >= 4 is 11.8 Å². The molecule has 3 rings (SSSR count). The number of benzene rings is 1. The molecule has 0 unspecified atom stereocenters. The van der Waals surface area contributed by atoms with E-state index in [1.165, 1.54) is 0 Å². The second kappa shape index (κ2) is 4.86. The van der Waals surface area contributed by atoms with E-state index >= 15 is 0 Å². The lowest BCUT2D eigenvalue weighted by atomic mass is 9.85. The van der Waals surface area contributed by atoms with Crippen LogP contribution in [0.5, 0.6) is 0 Å². The maximum absolute atomic E-state index is 13.0. The quantitative estimate of drug-likeness (QED) is 0.906. The minimum Gasteiger partial charge on any atom is -0.340 e. The van der Waals surface area contributed by atoms with Crippen LogP contribution in [-0.4, -0.2) is 27.8 Å². The van der Waals surface area contributed by atoms with Crippen molar-refractivity contribution in [3.63, 3.8) is 0 Å². The number of rotatable bonds is 2. The fraction of sp³-hybridized carbons (Fsp3) is 0.529. The third kappa shape index (κ3) is 2.23. The minimum atomic E-state index is -0.805. The second-order valence-electron chi connectivity index (χ2n) is 6.68. The lowest BCUT2D eigenvalue weighted by molar-refractivity contribution is -0.161. The van der Waals surface area contributed by atoms with Gasteiger partial charge < -0.3 is 10.2 Å². The van der Waals surface area contributed by atoms with Crippen LogP contribution >= 0.6 is 0 Å². The van der Waals surface area contributed by atoms with Crippen LogP contribution in [0.1, 0.15) is 45.1 Å². The summed E-state index contributed by atoms with van der Waals surface area (Å²) in [6.07, 6.45) is 3.54. The lowest BCUT2D eigenvalue weighted by Crippen LogP contribution is -2.73. The first-order chi connectivity index (χ1) is 9.96. The van der Waals surface area contributed by atoms with E-state index in [1.54, 1.807) is 4.90 Å². The summed E-state index contributed by atoms with van der Waals surface area (Å²) in [4.78, 5) is 27.3. The summed E-state index contributed by atoms with van der Waals surface area (Å²) in [7, 11) is 0. The number of nitrogens with one attached hydrogen (secondary N) is 1. The molecule has 2 fully saturated rings. The first-order valence-electron chi connectivity index (χ1n) is 7.64. The molecule has 21 heavy (non-hydrogen) atoms. The van der Waals surface area contributed by atoms with Crippen molar-refractivity contribution in [2.75, 3.05) is 0 Å². The molecule has 112 valence electrons. The number of amides is 2. The Kier molecular flexibility index (Phi) is 3.27. The predicted molar refractivity (Wildman–Crippen MR) is 80.4 cm³/mol. The van der Waals surface area contributed by atoms with Crippen LogP contribution in [-0.2, 0) is 16.1 Å². The van der Waals surface area contributed by atoms with Crippen LogP contribution in [0, 0.1) is 0 Å². The molecule has 1 aromatic carbocycles. The number of hydrogen-bond donors (Lipinski definition) is 1. The van der Waals surface area contributed by atoms with Crippen LogP contribution < -0.4 is 5.32 Å². The molecule has 1 heterocycles. The highest BCUT2D eigenvalue weighted by molar-refractivity contribution is 6.02. The number of carbonyl (C=O) groups is 2. The van der Waals surface area contributed by atoms with Crippen molar-refractivity contribution in [1.29, 1.82) is 0 Å². The van der Waals surface area contributed by atoms with Crippen molar-refractivity contribution in [2.24, 2.45) is 0 Å². The summed E-state index contributed by atoms with van der Waals surface area (Å²) < 4.78 is 0. The monoisotopic (exact) mass is 286 g/mol. The van der Waals surface area contributed by atoms with Gasteiger partial charge in [-0.15, -0.1) is 0 Å². The molecule has 4 heteroatoms. The van der Waals surface area contributed by atoms with Gasteiger partial charge in [-0.3, -0.25) is 9.59 Å². The number of hydrogen-bond acceptors (Lipinski definition) is 2. The maximum Gasteiger partial charge on any atom is 0.249 e. The van der Waals surface area contributed by atoms with Gasteiger partial charge in [0.25, 0.3) is 0 Å². The Morgan fingerprint density at radius 3 is 2.33 bits per heavy atom. The van der Waals surface area contributed by atoms with Crippen LogP contribution in [0.25, 0.3) is 0 Å². The van der Waals surface area contributed by atoms with E-state index in [2.05, 4.69) is 5.32 Å². The van der Waals surface area contributed by atoms with Crippen molar-refractivity contribution in [1.82, 2.24) is 10.2 Å². The summed E-state index contributed by atoms with van der Waals surface area (Å²) >= 11 is 0. The predicted octanol–water partition coefficient (Wildman–Crippen LogP) is 2.24. The van der Waals surface area contributed by atoms with Gasteiger partial charge in [-0.05, 0) is 32.3 Å². The van der Waals surface area contributed by atoms with E-state index < -0.39 is 11.1 Å². The van der Waals surface area contributed by atoms with E-state index in [0.29, 0.717) is 6.54 Å². The molecule has 2 aliphatic rings. The summed E-state index contributed by atoms with van der Waals surface area (Å²) in [5, 5.41) is 3.02. The van der Waals surface area contributed by atoms with Gasteiger partial charge in [0.2, 0.25) is 11.8 Å². The third-order valence-electron chi connectivity index (χ3n) is 4.88. The van der Waals surface area contributed by atoms with E-state index in [1.807, 2.05) is 44.2 Å². The fourth-order valence-corrected chi connectivity index (χ4v) is 3.41. The van der Waals surface area contributed by atoms with Gasteiger partial charge in [-0.2, -0.15) is 0 Å². The molecule has 0 aromatic heterocycles. The van der Waals surface area contributed by atoms with Gasteiger partial charge in [0.1, 0.15) is 11.1 Å². The molecule has 0 atom stereocenters. The van der Waals surface area contributed by atoms with Gasteiger partial charge in [0.05, 0.1) is 0 Å². The lowest BCUT2D eigenvalue weighted by Gasteiger charge is -2.48. The Hall–Kier alpha value is -1.84. The standard InChI is InChI=1S/C17H22N2O2/c1-16(2)14(20)18-17(10-6-7-11-17)15(21)19(16)12-13-8-4-3-5-9-13/h3-5,8-9H,6-7,10-12H2,1-2H3,(H,18,20). The van der Waals surface area contributed by atoms with E-state index in [4.69, 9.17) is 0 Å². The Bertz CT molecular complexity index is 559. The van der Waals surface area contributed by atoms with E-state index in [-0.39, 0.29) is 11.8 Å². The van der Waals surface area contributed by atoms with Gasteiger partial charge in [-0.25, -0.2) is 0 Å². The van der Waals surface area contributed by atoms with Crippen molar-refractivity contribution in [3.05, 3.63) is 35.9 Å². The molecule has 0 radical (unpaired) electrons. The topological polar surface area (TPSA) is 49.4 Å². The van der Waals surface area contributed by atoms with Gasteiger partial charge in [0, 0.05) is 6.54 Å². The SMILES string of the molecule is CC1(C)C(=O)NC2(CCCC2)C(=O)N1Cc1ccccc1. The Balaban J connectivity index is 1.94. The molecule has 0 bridgehead atoms. The number of piperazine rings is 1. The van der Waals surface area contributed by atoms with Crippen LogP contribution in [0.2, 0.25) is 0 Å². The van der Waals surface area contributed by atoms with Gasteiger partial charge >= 0.3 is 0 Å². The fourth-order valence-electron chi connectivity index (χ4n) is 3.41. The molecular formula is C17H22N2O2. The molecule has 4 nitrogen and oxygen atoms in total. The zero-order valence-corrected chi connectivity index (χ0v) is 12.7. The maximum atomic E-state index is 13.0. The Morgan fingerprint density at radius 1 is 1.10 bits per heavy atom. The molecule has 1 saturated carbocycles. The molecule has 1 aliphatic heterocycles.